The molecule has 0 aromatic heterocycles. The first-order valence-electron chi connectivity index (χ1n) is 8.33. The van der Waals surface area contributed by atoms with Gasteiger partial charge in [0.25, 0.3) is 5.91 Å². The molecule has 0 saturated carbocycles. The standard InChI is InChI=1S/C22H14ClFN2O/c23-17-10-6-15(7-11-17)14-20-22(27)26(19-4-2-1-3-5-19)21(25-20)16-8-12-18(24)13-9-16/h1-14H/b20-14+. The Morgan fingerprint density at radius 3 is 2.22 bits per heavy atom. The fourth-order valence-corrected chi connectivity index (χ4v) is 2.97. The average Bonchev–Trinajstić information content (AvgIpc) is 3.01. The van der Waals surface area contributed by atoms with Crippen LogP contribution in [0.3, 0.4) is 0 Å². The van der Waals surface area contributed by atoms with Gasteiger partial charge in [-0.3, -0.25) is 9.69 Å². The second-order valence-corrected chi connectivity index (χ2v) is 6.44. The van der Waals surface area contributed by atoms with Gasteiger partial charge in [0.05, 0.1) is 5.69 Å². The van der Waals surface area contributed by atoms with Crippen molar-refractivity contribution < 1.29 is 9.18 Å². The molecule has 0 N–H and O–H groups in total. The Kier molecular flexibility index (Phi) is 4.57. The molecule has 1 aliphatic heterocycles. The van der Waals surface area contributed by atoms with Gasteiger partial charge in [0.1, 0.15) is 17.3 Å². The van der Waals surface area contributed by atoms with Crippen molar-refractivity contribution in [2.45, 2.75) is 0 Å². The van der Waals surface area contributed by atoms with Crippen molar-refractivity contribution in [2.75, 3.05) is 4.90 Å². The molecule has 3 aromatic carbocycles. The molecule has 27 heavy (non-hydrogen) atoms. The Labute approximate surface area is 161 Å². The summed E-state index contributed by atoms with van der Waals surface area (Å²) in [4.78, 5) is 19.2. The Balaban J connectivity index is 1.81. The van der Waals surface area contributed by atoms with Crippen LogP contribution in [0.15, 0.2) is 89.6 Å². The maximum atomic E-state index is 13.3. The number of para-hydroxylation sites is 1. The number of anilines is 1. The van der Waals surface area contributed by atoms with Gasteiger partial charge in [-0.25, -0.2) is 9.38 Å². The molecule has 5 heteroatoms. The zero-order chi connectivity index (χ0) is 18.8. The quantitative estimate of drug-likeness (QED) is 0.570. The molecule has 3 aromatic rings. The predicted octanol–water partition coefficient (Wildman–Crippen LogP) is 5.31. The van der Waals surface area contributed by atoms with Crippen LogP contribution in [0.1, 0.15) is 11.1 Å². The van der Waals surface area contributed by atoms with Crippen LogP contribution in [0.25, 0.3) is 6.08 Å². The van der Waals surface area contributed by atoms with E-state index >= 15 is 0 Å². The van der Waals surface area contributed by atoms with Crippen molar-refractivity contribution >= 4 is 35.1 Å². The fourth-order valence-electron chi connectivity index (χ4n) is 2.84. The monoisotopic (exact) mass is 376 g/mol. The van der Waals surface area contributed by atoms with E-state index in [0.717, 1.165) is 5.56 Å². The average molecular weight is 377 g/mol. The molecular formula is C22H14ClFN2O. The van der Waals surface area contributed by atoms with Crippen molar-refractivity contribution in [3.05, 3.63) is 107 Å². The van der Waals surface area contributed by atoms with Crippen LogP contribution in [0.2, 0.25) is 5.02 Å². The van der Waals surface area contributed by atoms with E-state index in [4.69, 9.17) is 11.6 Å². The van der Waals surface area contributed by atoms with Gasteiger partial charge in [0.2, 0.25) is 0 Å². The SMILES string of the molecule is O=C1/C(=C\c2ccc(Cl)cc2)N=C(c2ccc(F)cc2)N1c1ccccc1. The molecule has 0 fully saturated rings. The van der Waals surface area contributed by atoms with Crippen molar-refractivity contribution in [3.63, 3.8) is 0 Å². The molecule has 0 bridgehead atoms. The summed E-state index contributed by atoms with van der Waals surface area (Å²) in [5, 5.41) is 0.622. The summed E-state index contributed by atoms with van der Waals surface area (Å²) in [6.45, 7) is 0. The Hall–Kier alpha value is -3.24. The summed E-state index contributed by atoms with van der Waals surface area (Å²) < 4.78 is 13.3. The van der Waals surface area contributed by atoms with Crippen LogP contribution in [0, 0.1) is 5.82 Å². The van der Waals surface area contributed by atoms with Crippen molar-refractivity contribution in [3.8, 4) is 0 Å². The van der Waals surface area contributed by atoms with E-state index in [9.17, 15) is 9.18 Å². The van der Waals surface area contributed by atoms with Crippen molar-refractivity contribution in [1.29, 1.82) is 0 Å². The summed E-state index contributed by atoms with van der Waals surface area (Å²) in [5.74, 6) is -0.117. The number of amidine groups is 1. The van der Waals surface area contributed by atoms with E-state index in [2.05, 4.69) is 4.99 Å². The first-order chi connectivity index (χ1) is 13.1. The Morgan fingerprint density at radius 2 is 1.56 bits per heavy atom. The molecule has 1 amide bonds. The molecule has 0 unspecified atom stereocenters. The van der Waals surface area contributed by atoms with Crippen LogP contribution in [-0.2, 0) is 4.79 Å². The number of nitrogens with zero attached hydrogens (tertiary/aromatic N) is 2. The Morgan fingerprint density at radius 1 is 0.889 bits per heavy atom. The number of halogens is 2. The molecule has 0 radical (unpaired) electrons. The zero-order valence-electron chi connectivity index (χ0n) is 14.1. The molecule has 4 rings (SSSR count). The number of carbonyl (C=O) groups is 1. The van der Waals surface area contributed by atoms with Gasteiger partial charge in [0.15, 0.2) is 0 Å². The van der Waals surface area contributed by atoms with Gasteiger partial charge < -0.3 is 0 Å². The van der Waals surface area contributed by atoms with Crippen LogP contribution >= 0.6 is 11.6 Å². The van der Waals surface area contributed by atoms with Gasteiger partial charge >= 0.3 is 0 Å². The highest BCUT2D eigenvalue weighted by atomic mass is 35.5. The minimum Gasteiger partial charge on any atom is -0.266 e. The predicted molar refractivity (Wildman–Crippen MR) is 106 cm³/mol. The van der Waals surface area contributed by atoms with E-state index in [-0.39, 0.29) is 11.7 Å². The van der Waals surface area contributed by atoms with E-state index < -0.39 is 0 Å². The van der Waals surface area contributed by atoms with Gasteiger partial charge in [-0.15, -0.1) is 0 Å². The zero-order valence-corrected chi connectivity index (χ0v) is 14.9. The molecule has 0 aliphatic carbocycles. The maximum absolute atomic E-state index is 13.3. The summed E-state index contributed by atoms with van der Waals surface area (Å²) in [6, 6.07) is 22.3. The van der Waals surface area contributed by atoms with Crippen LogP contribution in [0.5, 0.6) is 0 Å². The second kappa shape index (κ2) is 7.17. The van der Waals surface area contributed by atoms with E-state index in [1.165, 1.54) is 17.0 Å². The van der Waals surface area contributed by atoms with Crippen LogP contribution in [-0.4, -0.2) is 11.7 Å². The topological polar surface area (TPSA) is 32.7 Å². The lowest BCUT2D eigenvalue weighted by Gasteiger charge is -2.18. The van der Waals surface area contributed by atoms with Crippen LogP contribution < -0.4 is 4.90 Å². The summed E-state index contributed by atoms with van der Waals surface area (Å²) in [5.41, 5.74) is 2.48. The first-order valence-corrected chi connectivity index (χ1v) is 8.71. The minimum atomic E-state index is -0.341. The number of amides is 1. The second-order valence-electron chi connectivity index (χ2n) is 6.00. The van der Waals surface area contributed by atoms with Gasteiger partial charge in [-0.05, 0) is 60.2 Å². The van der Waals surface area contributed by atoms with Gasteiger partial charge in [-0.1, -0.05) is 41.9 Å². The maximum Gasteiger partial charge on any atom is 0.282 e. The number of aliphatic imine (C=N–C) groups is 1. The molecule has 0 saturated heterocycles. The highest BCUT2D eigenvalue weighted by Crippen LogP contribution is 2.28. The minimum absolute atomic E-state index is 0.240. The molecule has 132 valence electrons. The normalized spacial score (nSPS) is 15.3. The molecule has 0 spiro atoms. The molecular weight excluding hydrogens is 363 g/mol. The Bertz CT molecular complexity index is 1040. The molecule has 0 atom stereocenters. The smallest absolute Gasteiger partial charge is 0.266 e. The van der Waals surface area contributed by atoms with Crippen molar-refractivity contribution in [1.82, 2.24) is 0 Å². The third-order valence-corrected chi connectivity index (χ3v) is 4.40. The van der Waals surface area contributed by atoms with Gasteiger partial charge in [-0.2, -0.15) is 0 Å². The summed E-state index contributed by atoms with van der Waals surface area (Å²) in [7, 11) is 0. The van der Waals surface area contributed by atoms with E-state index in [1.807, 2.05) is 42.5 Å². The highest BCUT2D eigenvalue weighted by molar-refractivity contribution is 6.33. The first kappa shape index (κ1) is 17.2. The molecule has 1 aliphatic rings. The number of carbonyl (C=O) groups excluding carboxylic acids is 1. The lowest BCUT2D eigenvalue weighted by atomic mass is 10.1. The lowest BCUT2D eigenvalue weighted by Crippen LogP contribution is -2.32. The van der Waals surface area contributed by atoms with Gasteiger partial charge in [0, 0.05) is 10.6 Å². The van der Waals surface area contributed by atoms with E-state index in [0.29, 0.717) is 27.8 Å². The number of benzene rings is 3. The molecule has 3 nitrogen and oxygen atoms in total. The lowest BCUT2D eigenvalue weighted by molar-refractivity contribution is -0.113. The third kappa shape index (κ3) is 3.52. The summed E-state index contributed by atoms with van der Waals surface area (Å²) >= 11 is 5.92. The van der Waals surface area contributed by atoms with Crippen molar-refractivity contribution in [2.24, 2.45) is 4.99 Å². The van der Waals surface area contributed by atoms with E-state index in [1.54, 1.807) is 30.3 Å². The fraction of sp³-hybridized carbons (Fsp3) is 0. The summed E-state index contributed by atoms with van der Waals surface area (Å²) in [6.07, 6.45) is 1.71. The van der Waals surface area contributed by atoms with Crippen LogP contribution in [0.4, 0.5) is 10.1 Å². The molecule has 1 heterocycles. The highest BCUT2D eigenvalue weighted by Gasteiger charge is 2.32. The number of hydrogen-bond donors (Lipinski definition) is 0. The third-order valence-electron chi connectivity index (χ3n) is 4.15. The number of hydrogen-bond acceptors (Lipinski definition) is 2. The number of rotatable bonds is 3. The largest absolute Gasteiger partial charge is 0.282 e.